The second kappa shape index (κ2) is 7.63. The second-order valence-electron chi connectivity index (χ2n) is 12.5. The molecular formula is C28H39N3O2. The van der Waals surface area contributed by atoms with Crippen LogP contribution >= 0.6 is 0 Å². The lowest BCUT2D eigenvalue weighted by molar-refractivity contribution is -0.135. The Hall–Kier alpha value is -1.75. The molecule has 0 radical (unpaired) electrons. The molecule has 0 unspecified atom stereocenters. The lowest BCUT2D eigenvalue weighted by Crippen LogP contribution is -2.51. The quantitative estimate of drug-likeness (QED) is 0.664. The summed E-state index contributed by atoms with van der Waals surface area (Å²) in [7, 11) is 0. The molecule has 5 heteroatoms. The smallest absolute Gasteiger partial charge is 0.160 e. The van der Waals surface area contributed by atoms with Crippen LogP contribution in [0, 0.1) is 40.9 Å². The molecule has 1 aromatic carbocycles. The summed E-state index contributed by atoms with van der Waals surface area (Å²) in [5.41, 5.74) is 1.48. The van der Waals surface area contributed by atoms with Gasteiger partial charge in [0.1, 0.15) is 11.6 Å². The number of nitrogens with zero attached hydrogens (tertiary/aromatic N) is 3. The van der Waals surface area contributed by atoms with Crippen molar-refractivity contribution in [1.82, 2.24) is 15.0 Å². The third kappa shape index (κ3) is 3.32. The van der Waals surface area contributed by atoms with Gasteiger partial charge in [0, 0.05) is 5.92 Å². The Balaban J connectivity index is 1.22. The number of fused-ring (bicyclic) bond motifs is 6. The van der Waals surface area contributed by atoms with Crippen LogP contribution in [0.15, 0.2) is 24.3 Å². The molecule has 0 saturated heterocycles. The number of ketones is 1. The maximum atomic E-state index is 13.9. The Bertz CT molecular complexity index is 1060. The summed E-state index contributed by atoms with van der Waals surface area (Å²) in [5.74, 6) is 4.25. The summed E-state index contributed by atoms with van der Waals surface area (Å²) in [6, 6.07) is 7.67. The number of carbonyl (C=O) groups is 1. The molecule has 178 valence electrons. The first-order valence-electron chi connectivity index (χ1n) is 13.3. The zero-order chi connectivity index (χ0) is 23.0. The van der Waals surface area contributed by atoms with E-state index in [1.165, 1.54) is 38.5 Å². The Labute approximate surface area is 197 Å². The SMILES string of the molecule is C[C@@H](C(=O)[C@H]1CC[C@H]2[C@@H]3CC[C@@H]4C[C@](C)(O)CC[C@@H]4[C@H]3CC[C@]12C)n1nnc2ccccc21. The van der Waals surface area contributed by atoms with Crippen LogP contribution in [0.5, 0.6) is 0 Å². The van der Waals surface area contributed by atoms with Crippen molar-refractivity contribution < 1.29 is 9.90 Å². The second-order valence-corrected chi connectivity index (χ2v) is 12.5. The van der Waals surface area contributed by atoms with Crippen LogP contribution < -0.4 is 0 Å². The molecule has 4 fully saturated rings. The lowest BCUT2D eigenvalue weighted by atomic mass is 9.49. The van der Waals surface area contributed by atoms with Gasteiger partial charge < -0.3 is 5.11 Å². The summed E-state index contributed by atoms with van der Waals surface area (Å²) in [6.07, 6.45) is 10.4. The molecule has 5 nitrogen and oxygen atoms in total. The van der Waals surface area contributed by atoms with Gasteiger partial charge >= 0.3 is 0 Å². The Morgan fingerprint density at radius 2 is 1.82 bits per heavy atom. The summed E-state index contributed by atoms with van der Waals surface area (Å²) in [5, 5.41) is 19.3. The van der Waals surface area contributed by atoms with Crippen molar-refractivity contribution in [2.24, 2.45) is 40.9 Å². The Morgan fingerprint density at radius 3 is 2.67 bits per heavy atom. The highest BCUT2D eigenvalue weighted by Crippen LogP contribution is 2.65. The maximum absolute atomic E-state index is 13.9. The lowest BCUT2D eigenvalue weighted by Gasteiger charge is -2.57. The molecule has 2 aromatic rings. The number of aromatic nitrogens is 3. The van der Waals surface area contributed by atoms with Crippen molar-refractivity contribution in [3.63, 3.8) is 0 Å². The van der Waals surface area contributed by atoms with E-state index < -0.39 is 5.60 Å². The number of para-hydroxylation sites is 1. The van der Waals surface area contributed by atoms with E-state index in [9.17, 15) is 9.90 Å². The van der Waals surface area contributed by atoms with E-state index in [4.69, 9.17) is 0 Å². The van der Waals surface area contributed by atoms with Crippen LogP contribution in [0.4, 0.5) is 0 Å². The van der Waals surface area contributed by atoms with Crippen LogP contribution in [0.2, 0.25) is 0 Å². The number of rotatable bonds is 3. The van der Waals surface area contributed by atoms with Crippen LogP contribution in [0.25, 0.3) is 11.0 Å². The van der Waals surface area contributed by atoms with Crippen molar-refractivity contribution in [3.05, 3.63) is 24.3 Å². The van der Waals surface area contributed by atoms with E-state index in [2.05, 4.69) is 17.2 Å². The minimum absolute atomic E-state index is 0.121. The molecule has 9 atom stereocenters. The van der Waals surface area contributed by atoms with Gasteiger partial charge in [-0.3, -0.25) is 4.79 Å². The molecule has 4 saturated carbocycles. The number of benzene rings is 1. The van der Waals surface area contributed by atoms with Gasteiger partial charge in [0.25, 0.3) is 0 Å². The fourth-order valence-corrected chi connectivity index (χ4v) is 9.13. The maximum Gasteiger partial charge on any atom is 0.160 e. The number of Topliss-reactive ketones (excluding diaryl/α,β-unsaturated/α-hetero) is 1. The van der Waals surface area contributed by atoms with Gasteiger partial charge in [0.15, 0.2) is 5.78 Å². The monoisotopic (exact) mass is 449 g/mol. The molecule has 6 rings (SSSR count). The van der Waals surface area contributed by atoms with Gasteiger partial charge in [-0.05, 0) is 119 Å². The van der Waals surface area contributed by atoms with Crippen molar-refractivity contribution in [2.75, 3.05) is 0 Å². The molecule has 0 bridgehead atoms. The van der Waals surface area contributed by atoms with E-state index in [0.29, 0.717) is 17.6 Å². The van der Waals surface area contributed by atoms with Gasteiger partial charge in [-0.25, -0.2) is 4.68 Å². The highest BCUT2D eigenvalue weighted by atomic mass is 16.3. The first kappa shape index (κ1) is 21.8. The highest BCUT2D eigenvalue weighted by Gasteiger charge is 2.59. The van der Waals surface area contributed by atoms with E-state index >= 15 is 0 Å². The Morgan fingerprint density at radius 1 is 1.03 bits per heavy atom. The minimum atomic E-state index is -0.455. The standard InChI is InChI=1S/C28H39N3O2/c1-17(31-25-7-5-4-6-24(25)29-30-31)26(32)23-11-10-22-21-9-8-18-16-27(2,33)14-12-19(18)20(21)13-15-28(22,23)3/h4-7,17-23,33H,8-16H2,1-3H3/t17-,18+,19-,20+,21+,22-,23+,27+,28-/m0/s1. The van der Waals surface area contributed by atoms with Gasteiger partial charge in [-0.2, -0.15) is 0 Å². The molecule has 0 amide bonds. The molecular weight excluding hydrogens is 410 g/mol. The number of hydrogen-bond donors (Lipinski definition) is 1. The first-order chi connectivity index (χ1) is 15.8. The molecule has 1 N–H and O–H groups in total. The van der Waals surface area contributed by atoms with Crippen molar-refractivity contribution >= 4 is 16.8 Å². The van der Waals surface area contributed by atoms with Crippen LogP contribution in [0.3, 0.4) is 0 Å². The molecule has 0 spiro atoms. The molecule has 4 aliphatic rings. The number of carbonyl (C=O) groups excluding carboxylic acids is 1. The fourth-order valence-electron chi connectivity index (χ4n) is 9.13. The van der Waals surface area contributed by atoms with E-state index in [1.54, 1.807) is 0 Å². The number of aliphatic hydroxyl groups is 1. The van der Waals surface area contributed by atoms with Crippen LogP contribution in [0.1, 0.15) is 84.6 Å². The normalized spacial score (nSPS) is 43.5. The fraction of sp³-hybridized carbons (Fsp3) is 0.750. The Kier molecular flexibility index (Phi) is 5.03. The van der Waals surface area contributed by atoms with Crippen LogP contribution in [-0.4, -0.2) is 31.5 Å². The van der Waals surface area contributed by atoms with Gasteiger partial charge in [-0.15, -0.1) is 5.10 Å². The summed E-state index contributed by atoms with van der Waals surface area (Å²) in [6.45, 7) is 6.50. The van der Waals surface area contributed by atoms with Crippen LogP contribution in [-0.2, 0) is 4.79 Å². The highest BCUT2D eigenvalue weighted by molar-refractivity contribution is 5.87. The minimum Gasteiger partial charge on any atom is -0.390 e. The van der Waals surface area contributed by atoms with Crippen molar-refractivity contribution in [1.29, 1.82) is 0 Å². The van der Waals surface area contributed by atoms with E-state index in [-0.39, 0.29) is 17.4 Å². The molecule has 33 heavy (non-hydrogen) atoms. The van der Waals surface area contributed by atoms with Crippen molar-refractivity contribution in [3.8, 4) is 0 Å². The van der Waals surface area contributed by atoms with Crippen molar-refractivity contribution in [2.45, 2.75) is 90.2 Å². The number of hydrogen-bond acceptors (Lipinski definition) is 4. The topological polar surface area (TPSA) is 68.0 Å². The largest absolute Gasteiger partial charge is 0.390 e. The summed E-state index contributed by atoms with van der Waals surface area (Å²) < 4.78 is 1.85. The van der Waals surface area contributed by atoms with Gasteiger partial charge in [-0.1, -0.05) is 24.3 Å². The molecule has 1 heterocycles. The zero-order valence-corrected chi connectivity index (χ0v) is 20.4. The summed E-state index contributed by atoms with van der Waals surface area (Å²) >= 11 is 0. The predicted molar refractivity (Wildman–Crippen MR) is 128 cm³/mol. The average molecular weight is 450 g/mol. The zero-order valence-electron chi connectivity index (χ0n) is 20.4. The third-order valence-corrected chi connectivity index (χ3v) is 10.7. The molecule has 1 aromatic heterocycles. The summed E-state index contributed by atoms with van der Waals surface area (Å²) in [4.78, 5) is 13.9. The van der Waals surface area contributed by atoms with E-state index in [1.807, 2.05) is 42.8 Å². The van der Waals surface area contributed by atoms with E-state index in [0.717, 1.165) is 48.0 Å². The van der Waals surface area contributed by atoms with Gasteiger partial charge in [0.2, 0.25) is 0 Å². The van der Waals surface area contributed by atoms with Gasteiger partial charge in [0.05, 0.1) is 11.1 Å². The molecule has 4 aliphatic carbocycles. The first-order valence-corrected chi connectivity index (χ1v) is 13.3. The average Bonchev–Trinajstić information content (AvgIpc) is 3.38. The predicted octanol–water partition coefficient (Wildman–Crippen LogP) is 5.58. The molecule has 0 aliphatic heterocycles. The third-order valence-electron chi connectivity index (χ3n) is 10.7.